The van der Waals surface area contributed by atoms with E-state index in [4.69, 9.17) is 5.73 Å². The summed E-state index contributed by atoms with van der Waals surface area (Å²) in [6.45, 7) is 0. The monoisotopic (exact) mass is 213 g/mol. The number of hydrogen-bond donors (Lipinski definition) is 1. The van der Waals surface area contributed by atoms with Crippen molar-refractivity contribution in [3.05, 3.63) is 5.82 Å². The van der Waals surface area contributed by atoms with Crippen LogP contribution in [0.3, 0.4) is 0 Å². The van der Waals surface area contributed by atoms with Gasteiger partial charge in [0.05, 0.1) is 7.05 Å². The van der Waals surface area contributed by atoms with Gasteiger partial charge in [0.25, 0.3) is 0 Å². The maximum absolute atomic E-state index is 14.3. The number of alkyl halides is 1. The molecule has 0 unspecified atom stereocenters. The Morgan fingerprint density at radius 3 is 2.73 bits per heavy atom. The fourth-order valence-electron chi connectivity index (χ4n) is 2.01. The standard InChI is InChI=1S/C9H16FN5/c1-15-13-8(12-14-15)6-9(10)4-2-7(11)3-5-9/h7H,2-6,11H2,1H3. The summed E-state index contributed by atoms with van der Waals surface area (Å²) in [6.07, 6.45) is 2.76. The lowest BCUT2D eigenvalue weighted by Gasteiger charge is -2.31. The van der Waals surface area contributed by atoms with Crippen molar-refractivity contribution in [2.45, 2.75) is 43.8 Å². The number of halogens is 1. The van der Waals surface area contributed by atoms with E-state index in [1.54, 1.807) is 7.05 Å². The van der Waals surface area contributed by atoms with Crippen LogP contribution >= 0.6 is 0 Å². The van der Waals surface area contributed by atoms with Gasteiger partial charge in [-0.1, -0.05) is 0 Å². The Labute approximate surface area is 87.8 Å². The third-order valence-electron chi connectivity index (χ3n) is 2.95. The van der Waals surface area contributed by atoms with Gasteiger partial charge >= 0.3 is 0 Å². The normalized spacial score (nSPS) is 31.8. The van der Waals surface area contributed by atoms with Crippen molar-refractivity contribution in [1.29, 1.82) is 0 Å². The lowest BCUT2D eigenvalue weighted by molar-refractivity contribution is 0.0970. The Morgan fingerprint density at radius 2 is 2.20 bits per heavy atom. The fraction of sp³-hybridized carbons (Fsp3) is 0.889. The number of aromatic nitrogens is 4. The maximum Gasteiger partial charge on any atom is 0.177 e. The molecule has 1 saturated carbocycles. The Kier molecular flexibility index (Phi) is 2.68. The highest BCUT2D eigenvalue weighted by Crippen LogP contribution is 2.33. The van der Waals surface area contributed by atoms with Crippen LogP contribution in [-0.2, 0) is 13.5 Å². The summed E-state index contributed by atoms with van der Waals surface area (Å²) in [5.41, 5.74) is 4.56. The third-order valence-corrected chi connectivity index (χ3v) is 2.95. The summed E-state index contributed by atoms with van der Waals surface area (Å²) in [5, 5.41) is 11.5. The van der Waals surface area contributed by atoms with Crippen LogP contribution in [-0.4, -0.2) is 31.9 Å². The Balaban J connectivity index is 1.99. The summed E-state index contributed by atoms with van der Waals surface area (Å²) in [6, 6.07) is 0.156. The Morgan fingerprint density at radius 1 is 1.53 bits per heavy atom. The van der Waals surface area contributed by atoms with Gasteiger partial charge in [0.15, 0.2) is 5.82 Å². The van der Waals surface area contributed by atoms with Crippen LogP contribution in [0.5, 0.6) is 0 Å². The average molecular weight is 213 g/mol. The van der Waals surface area contributed by atoms with Crippen LogP contribution in [0, 0.1) is 0 Å². The molecule has 0 radical (unpaired) electrons. The van der Waals surface area contributed by atoms with Gasteiger partial charge in [-0.15, -0.1) is 10.2 Å². The van der Waals surface area contributed by atoms with E-state index in [0.717, 1.165) is 12.8 Å². The van der Waals surface area contributed by atoms with Gasteiger partial charge in [-0.2, -0.15) is 4.80 Å². The van der Waals surface area contributed by atoms with Gasteiger partial charge in [0.1, 0.15) is 5.67 Å². The topological polar surface area (TPSA) is 69.6 Å². The zero-order chi connectivity index (χ0) is 10.9. The van der Waals surface area contributed by atoms with Crippen LogP contribution in [0.2, 0.25) is 0 Å². The van der Waals surface area contributed by atoms with Crippen molar-refractivity contribution in [3.63, 3.8) is 0 Å². The van der Waals surface area contributed by atoms with Gasteiger partial charge in [-0.25, -0.2) is 4.39 Å². The van der Waals surface area contributed by atoms with Crippen molar-refractivity contribution in [2.24, 2.45) is 12.8 Å². The highest BCUT2D eigenvalue weighted by atomic mass is 19.1. The first-order valence-electron chi connectivity index (χ1n) is 5.25. The molecule has 1 aromatic heterocycles. The van der Waals surface area contributed by atoms with Crippen LogP contribution in [0.1, 0.15) is 31.5 Å². The van der Waals surface area contributed by atoms with E-state index in [9.17, 15) is 4.39 Å². The van der Waals surface area contributed by atoms with E-state index in [0.29, 0.717) is 18.7 Å². The predicted octanol–water partition coefficient (Wildman–Crippen LogP) is 0.362. The smallest absolute Gasteiger partial charge is 0.177 e. The molecule has 1 aromatic rings. The first kappa shape index (κ1) is 10.5. The Hall–Kier alpha value is -1.04. The summed E-state index contributed by atoms with van der Waals surface area (Å²) in [4.78, 5) is 1.35. The second-order valence-electron chi connectivity index (χ2n) is 4.36. The highest BCUT2D eigenvalue weighted by molar-refractivity contribution is 4.95. The van der Waals surface area contributed by atoms with Crippen LogP contribution in [0.15, 0.2) is 0 Å². The minimum atomic E-state index is -1.18. The first-order valence-corrected chi connectivity index (χ1v) is 5.25. The van der Waals surface area contributed by atoms with Crippen molar-refractivity contribution in [1.82, 2.24) is 20.2 Å². The zero-order valence-corrected chi connectivity index (χ0v) is 8.86. The first-order chi connectivity index (χ1) is 7.07. The molecule has 0 aliphatic heterocycles. The molecular weight excluding hydrogens is 197 g/mol. The summed E-state index contributed by atoms with van der Waals surface area (Å²) < 4.78 is 14.3. The molecule has 1 aliphatic rings. The second-order valence-corrected chi connectivity index (χ2v) is 4.36. The molecule has 84 valence electrons. The lowest BCUT2D eigenvalue weighted by atomic mass is 9.82. The van der Waals surface area contributed by atoms with Gasteiger partial charge in [-0.3, -0.25) is 0 Å². The molecule has 2 rings (SSSR count). The van der Waals surface area contributed by atoms with Crippen LogP contribution in [0.25, 0.3) is 0 Å². The number of hydrogen-bond acceptors (Lipinski definition) is 4. The third kappa shape index (κ3) is 2.50. The maximum atomic E-state index is 14.3. The number of nitrogens with two attached hydrogens (primary N) is 1. The minimum Gasteiger partial charge on any atom is -0.328 e. The van der Waals surface area contributed by atoms with Gasteiger partial charge in [0.2, 0.25) is 0 Å². The minimum absolute atomic E-state index is 0.156. The molecule has 0 bridgehead atoms. The molecule has 0 spiro atoms. The molecule has 0 amide bonds. The average Bonchev–Trinajstić information content (AvgIpc) is 2.57. The molecule has 0 atom stereocenters. The molecule has 1 aliphatic carbocycles. The molecular formula is C9H16FN5. The Bertz CT molecular complexity index is 329. The summed E-state index contributed by atoms with van der Waals surface area (Å²) in [7, 11) is 1.68. The fourth-order valence-corrected chi connectivity index (χ4v) is 2.01. The number of aryl methyl sites for hydroxylation is 1. The van der Waals surface area contributed by atoms with E-state index >= 15 is 0 Å². The molecule has 5 nitrogen and oxygen atoms in total. The number of rotatable bonds is 2. The summed E-state index contributed by atoms with van der Waals surface area (Å²) >= 11 is 0. The largest absolute Gasteiger partial charge is 0.328 e. The summed E-state index contributed by atoms with van der Waals surface area (Å²) in [5.74, 6) is 0.482. The molecule has 1 heterocycles. The second kappa shape index (κ2) is 3.84. The molecule has 0 saturated heterocycles. The lowest BCUT2D eigenvalue weighted by Crippen LogP contribution is -2.37. The number of tetrazole rings is 1. The van der Waals surface area contributed by atoms with Gasteiger partial charge < -0.3 is 5.73 Å². The van der Waals surface area contributed by atoms with Crippen molar-refractivity contribution >= 4 is 0 Å². The molecule has 2 N–H and O–H groups in total. The molecule has 0 aromatic carbocycles. The van der Waals surface area contributed by atoms with E-state index < -0.39 is 5.67 Å². The highest BCUT2D eigenvalue weighted by Gasteiger charge is 2.35. The van der Waals surface area contributed by atoms with Gasteiger partial charge in [-0.05, 0) is 30.9 Å². The van der Waals surface area contributed by atoms with Crippen molar-refractivity contribution in [3.8, 4) is 0 Å². The molecule has 6 heteroatoms. The van der Waals surface area contributed by atoms with Gasteiger partial charge in [0, 0.05) is 12.5 Å². The van der Waals surface area contributed by atoms with E-state index in [1.807, 2.05) is 0 Å². The molecule has 1 fully saturated rings. The van der Waals surface area contributed by atoms with Crippen molar-refractivity contribution in [2.75, 3.05) is 0 Å². The quantitative estimate of drug-likeness (QED) is 0.770. The molecule has 15 heavy (non-hydrogen) atoms. The van der Waals surface area contributed by atoms with Crippen LogP contribution < -0.4 is 5.73 Å². The van der Waals surface area contributed by atoms with E-state index in [-0.39, 0.29) is 12.5 Å². The number of nitrogens with zero attached hydrogens (tertiary/aromatic N) is 4. The zero-order valence-electron chi connectivity index (χ0n) is 8.86. The van der Waals surface area contributed by atoms with E-state index in [2.05, 4.69) is 15.4 Å². The van der Waals surface area contributed by atoms with Crippen LogP contribution in [0.4, 0.5) is 4.39 Å². The SMILES string of the molecule is Cn1nnc(CC2(F)CCC(N)CC2)n1. The predicted molar refractivity (Wildman–Crippen MR) is 52.8 cm³/mol. The van der Waals surface area contributed by atoms with Crippen molar-refractivity contribution < 1.29 is 4.39 Å². The van der Waals surface area contributed by atoms with E-state index in [1.165, 1.54) is 4.80 Å².